The minimum atomic E-state index is -0.337. The van der Waals surface area contributed by atoms with Crippen molar-refractivity contribution >= 4 is 34.2 Å². The van der Waals surface area contributed by atoms with E-state index in [2.05, 4.69) is 34.6 Å². The van der Waals surface area contributed by atoms with Crippen LogP contribution in [0.1, 0.15) is 41.4 Å². The second-order valence-electron chi connectivity index (χ2n) is 8.54. The van der Waals surface area contributed by atoms with Crippen LogP contribution >= 0.6 is 11.6 Å². The van der Waals surface area contributed by atoms with Crippen molar-refractivity contribution in [3.8, 4) is 17.0 Å². The maximum Gasteiger partial charge on any atom is 0.291 e. The zero-order chi connectivity index (χ0) is 24.4. The maximum atomic E-state index is 12.9. The lowest BCUT2D eigenvalue weighted by atomic mass is 10.1. The van der Waals surface area contributed by atoms with E-state index in [1.807, 2.05) is 43.3 Å². The van der Waals surface area contributed by atoms with Gasteiger partial charge in [0.25, 0.3) is 5.91 Å². The van der Waals surface area contributed by atoms with Crippen LogP contribution in [0.25, 0.3) is 28.0 Å². The molecular formula is C28H25ClN4O2. The lowest BCUT2D eigenvalue weighted by Crippen LogP contribution is -2.11. The Bertz CT molecular complexity index is 1500. The van der Waals surface area contributed by atoms with Crippen LogP contribution in [0.4, 0.5) is 5.69 Å². The number of carbonyl (C=O) groups excluding carboxylic acids is 1. The van der Waals surface area contributed by atoms with Gasteiger partial charge >= 0.3 is 0 Å². The minimum absolute atomic E-state index is 0.214. The first-order valence-electron chi connectivity index (χ1n) is 11.6. The van der Waals surface area contributed by atoms with E-state index in [9.17, 15) is 4.79 Å². The SMILES string of the molecule is CCCCc1ccc(-n2nc3cc(C)c(NC(=O)c4ccc(-c5cccc(Cl)c5)o4)cc3n2)cc1. The van der Waals surface area contributed by atoms with E-state index in [1.165, 1.54) is 18.4 Å². The number of anilines is 1. The molecule has 0 spiro atoms. The second kappa shape index (κ2) is 9.76. The highest BCUT2D eigenvalue weighted by atomic mass is 35.5. The number of hydrogen-bond acceptors (Lipinski definition) is 4. The molecule has 1 amide bonds. The minimum Gasteiger partial charge on any atom is -0.451 e. The van der Waals surface area contributed by atoms with Crippen molar-refractivity contribution in [2.45, 2.75) is 33.1 Å². The van der Waals surface area contributed by atoms with Crippen LogP contribution in [-0.2, 0) is 6.42 Å². The third kappa shape index (κ3) is 4.98. The van der Waals surface area contributed by atoms with Gasteiger partial charge in [0.15, 0.2) is 5.76 Å². The summed E-state index contributed by atoms with van der Waals surface area (Å²) >= 11 is 6.07. The Hall–Kier alpha value is -3.90. The molecule has 0 bridgehead atoms. The second-order valence-corrected chi connectivity index (χ2v) is 8.98. The summed E-state index contributed by atoms with van der Waals surface area (Å²) in [5, 5.41) is 12.8. The molecule has 0 aliphatic carbocycles. The topological polar surface area (TPSA) is 73.0 Å². The molecule has 6 nitrogen and oxygen atoms in total. The number of carbonyl (C=O) groups is 1. The molecule has 5 rings (SSSR count). The van der Waals surface area contributed by atoms with Crippen molar-refractivity contribution in [1.29, 1.82) is 0 Å². The molecular weight excluding hydrogens is 460 g/mol. The number of nitrogens with zero attached hydrogens (tertiary/aromatic N) is 3. The van der Waals surface area contributed by atoms with Crippen LogP contribution in [0.5, 0.6) is 0 Å². The monoisotopic (exact) mass is 484 g/mol. The van der Waals surface area contributed by atoms with Crippen LogP contribution in [0, 0.1) is 6.92 Å². The molecule has 0 aliphatic heterocycles. The number of furan rings is 1. The summed E-state index contributed by atoms with van der Waals surface area (Å²) in [4.78, 5) is 14.5. The summed E-state index contributed by atoms with van der Waals surface area (Å²) < 4.78 is 5.78. The Morgan fingerprint density at radius 2 is 1.77 bits per heavy atom. The third-order valence-corrected chi connectivity index (χ3v) is 6.13. The van der Waals surface area contributed by atoms with Gasteiger partial charge < -0.3 is 9.73 Å². The predicted molar refractivity (Wildman–Crippen MR) is 139 cm³/mol. The summed E-state index contributed by atoms with van der Waals surface area (Å²) in [6, 6.07) is 22.8. The van der Waals surface area contributed by atoms with Crippen molar-refractivity contribution in [2.75, 3.05) is 5.32 Å². The van der Waals surface area contributed by atoms with E-state index in [0.29, 0.717) is 22.0 Å². The van der Waals surface area contributed by atoms with Crippen LogP contribution < -0.4 is 5.32 Å². The smallest absolute Gasteiger partial charge is 0.291 e. The molecule has 0 fully saturated rings. The van der Waals surface area contributed by atoms with Crippen molar-refractivity contribution in [3.63, 3.8) is 0 Å². The summed E-state index contributed by atoms with van der Waals surface area (Å²) in [5.41, 5.74) is 6.01. The van der Waals surface area contributed by atoms with Gasteiger partial charge in [-0.25, -0.2) is 0 Å². The van der Waals surface area contributed by atoms with Gasteiger partial charge in [-0.3, -0.25) is 4.79 Å². The number of hydrogen-bond donors (Lipinski definition) is 1. The van der Waals surface area contributed by atoms with Gasteiger partial charge in [0.2, 0.25) is 0 Å². The van der Waals surface area contributed by atoms with E-state index < -0.39 is 0 Å². The molecule has 1 N–H and O–H groups in total. The average molecular weight is 485 g/mol. The number of unbranched alkanes of at least 4 members (excludes halogenated alkanes) is 1. The lowest BCUT2D eigenvalue weighted by molar-refractivity contribution is 0.0997. The number of rotatable bonds is 7. The normalized spacial score (nSPS) is 11.2. The van der Waals surface area contributed by atoms with Crippen molar-refractivity contribution in [3.05, 3.63) is 94.7 Å². The van der Waals surface area contributed by atoms with Gasteiger partial charge in [-0.2, -0.15) is 4.80 Å². The fourth-order valence-electron chi connectivity index (χ4n) is 3.94. The highest BCUT2D eigenvalue weighted by Crippen LogP contribution is 2.27. The molecule has 0 saturated carbocycles. The van der Waals surface area contributed by atoms with E-state index in [4.69, 9.17) is 16.0 Å². The summed E-state index contributed by atoms with van der Waals surface area (Å²) in [6.07, 6.45) is 3.43. The van der Waals surface area contributed by atoms with Gasteiger partial charge in [-0.05, 0) is 79.4 Å². The van der Waals surface area contributed by atoms with Crippen LogP contribution in [0.3, 0.4) is 0 Å². The Morgan fingerprint density at radius 3 is 2.51 bits per heavy atom. The molecule has 0 saturated heterocycles. The standard InChI is InChI=1S/C28H25ClN4O2/c1-3-4-6-19-9-11-22(12-10-19)33-31-24-15-18(2)23(17-25(24)32-33)30-28(34)27-14-13-26(35-27)20-7-5-8-21(29)16-20/h5,7-17H,3-4,6H2,1-2H3,(H,30,34). The maximum absolute atomic E-state index is 12.9. The third-order valence-electron chi connectivity index (χ3n) is 5.90. The number of amides is 1. The molecule has 176 valence electrons. The van der Waals surface area contributed by atoms with Gasteiger partial charge in [0.05, 0.1) is 5.69 Å². The van der Waals surface area contributed by atoms with Crippen molar-refractivity contribution in [1.82, 2.24) is 15.0 Å². The molecule has 35 heavy (non-hydrogen) atoms. The molecule has 2 aromatic heterocycles. The molecule has 5 aromatic rings. The molecule has 0 atom stereocenters. The molecule has 7 heteroatoms. The number of benzene rings is 3. The van der Waals surface area contributed by atoms with E-state index in [1.54, 1.807) is 29.1 Å². The first kappa shape index (κ1) is 22.9. The summed E-state index contributed by atoms with van der Waals surface area (Å²) in [5.74, 6) is 0.454. The largest absolute Gasteiger partial charge is 0.451 e. The molecule has 0 radical (unpaired) electrons. The highest BCUT2D eigenvalue weighted by molar-refractivity contribution is 6.30. The molecule has 0 unspecified atom stereocenters. The zero-order valence-corrected chi connectivity index (χ0v) is 20.3. The Kier molecular flexibility index (Phi) is 6.38. The molecule has 2 heterocycles. The van der Waals surface area contributed by atoms with E-state index in [0.717, 1.165) is 28.8 Å². The number of aromatic nitrogens is 3. The number of fused-ring (bicyclic) bond motifs is 1. The first-order valence-corrected chi connectivity index (χ1v) is 12.0. The average Bonchev–Trinajstić information content (AvgIpc) is 3.51. The fraction of sp³-hybridized carbons (Fsp3) is 0.179. The Morgan fingerprint density at radius 1 is 1.00 bits per heavy atom. The lowest BCUT2D eigenvalue weighted by Gasteiger charge is -2.06. The Balaban J connectivity index is 1.35. The van der Waals surface area contributed by atoms with Gasteiger partial charge in [-0.15, -0.1) is 10.2 Å². The number of nitrogens with one attached hydrogen (secondary N) is 1. The summed E-state index contributed by atoms with van der Waals surface area (Å²) in [7, 11) is 0. The first-order chi connectivity index (χ1) is 17.0. The van der Waals surface area contributed by atoms with Crippen LogP contribution in [0.15, 0.2) is 77.2 Å². The molecule has 0 aliphatic rings. The van der Waals surface area contributed by atoms with E-state index in [-0.39, 0.29) is 11.7 Å². The van der Waals surface area contributed by atoms with E-state index >= 15 is 0 Å². The van der Waals surface area contributed by atoms with Crippen LogP contribution in [-0.4, -0.2) is 20.9 Å². The van der Waals surface area contributed by atoms with Gasteiger partial charge in [0.1, 0.15) is 16.8 Å². The zero-order valence-electron chi connectivity index (χ0n) is 19.6. The summed E-state index contributed by atoms with van der Waals surface area (Å²) in [6.45, 7) is 4.12. The predicted octanol–water partition coefficient (Wildman–Crippen LogP) is 7.24. The van der Waals surface area contributed by atoms with Crippen molar-refractivity contribution in [2.24, 2.45) is 0 Å². The quantitative estimate of drug-likeness (QED) is 0.264. The molecule has 3 aromatic carbocycles. The highest BCUT2D eigenvalue weighted by Gasteiger charge is 2.15. The Labute approximate surface area is 208 Å². The fourth-order valence-corrected chi connectivity index (χ4v) is 4.13. The van der Waals surface area contributed by atoms with Crippen LogP contribution in [0.2, 0.25) is 5.02 Å². The number of halogens is 1. The van der Waals surface area contributed by atoms with Gasteiger partial charge in [-0.1, -0.05) is 49.2 Å². The number of aryl methyl sites for hydroxylation is 2. The van der Waals surface area contributed by atoms with Crippen molar-refractivity contribution < 1.29 is 9.21 Å². The van der Waals surface area contributed by atoms with Gasteiger partial charge in [0, 0.05) is 16.3 Å².